The number of aliphatic hydroxyl groups excluding tert-OH is 3. The Balaban J connectivity index is 2.08. The molecule has 0 bridgehead atoms. The Morgan fingerprint density at radius 2 is 1.58 bits per heavy atom. The maximum absolute atomic E-state index is 14.3. The number of Topliss-reactive ketones (excluding diaryl/α,β-unsaturated/α-hetero) is 3. The highest BCUT2D eigenvalue weighted by molar-refractivity contribution is 6.25. The lowest BCUT2D eigenvalue weighted by atomic mass is 9.54. The number of likely N-dealkylation sites (N-methyl/N-ethyl adjacent to an activating group) is 1. The van der Waals surface area contributed by atoms with Crippen LogP contribution in [-0.4, -0.2) is 91.1 Å². The third kappa shape index (κ3) is 4.60. The van der Waals surface area contributed by atoms with Gasteiger partial charge in [0.05, 0.1) is 23.6 Å². The smallest absolute Gasteiger partial charge is 0.258 e. The third-order valence-corrected chi connectivity index (χ3v) is 8.88. The Hall–Kier alpha value is -3.54. The molecular weight excluding hydrogens is 556 g/mol. The van der Waals surface area contributed by atoms with Crippen LogP contribution in [0.3, 0.4) is 0 Å². The Morgan fingerprint density at radius 1 is 1.02 bits per heavy atom. The van der Waals surface area contributed by atoms with Gasteiger partial charge in [0.25, 0.3) is 5.91 Å². The van der Waals surface area contributed by atoms with Crippen LogP contribution in [0.2, 0.25) is 0 Å². The van der Waals surface area contributed by atoms with Crippen molar-refractivity contribution in [2.75, 3.05) is 14.1 Å². The normalized spacial score (nSPS) is 29.4. The van der Waals surface area contributed by atoms with Crippen LogP contribution < -0.4 is 5.32 Å². The second kappa shape index (κ2) is 10.0. The zero-order valence-electron chi connectivity index (χ0n) is 26.3. The fourth-order valence-corrected chi connectivity index (χ4v) is 7.02. The molecule has 11 nitrogen and oxygen atoms in total. The molecule has 1 aromatic rings. The van der Waals surface area contributed by atoms with E-state index in [4.69, 9.17) is 0 Å². The number of aliphatic hydroxyl groups is 4. The van der Waals surface area contributed by atoms with Crippen LogP contribution in [0.1, 0.15) is 93.2 Å². The van der Waals surface area contributed by atoms with E-state index in [1.165, 1.54) is 32.0 Å². The second-order valence-corrected chi connectivity index (χ2v) is 14.3. The summed E-state index contributed by atoms with van der Waals surface area (Å²) in [6.07, 6.45) is -1.72. The van der Waals surface area contributed by atoms with E-state index in [-0.39, 0.29) is 22.5 Å². The highest BCUT2D eigenvalue weighted by Crippen LogP contribution is 2.56. The topological polar surface area (TPSA) is 185 Å². The van der Waals surface area contributed by atoms with E-state index in [1.807, 2.05) is 0 Å². The lowest BCUT2D eigenvalue weighted by molar-refractivity contribution is -0.162. The van der Waals surface area contributed by atoms with Crippen molar-refractivity contribution in [2.45, 2.75) is 90.0 Å². The molecule has 4 rings (SSSR count). The summed E-state index contributed by atoms with van der Waals surface area (Å²) in [6, 6.07) is 0.191. The van der Waals surface area contributed by atoms with Crippen LogP contribution >= 0.6 is 0 Å². The third-order valence-electron chi connectivity index (χ3n) is 8.88. The van der Waals surface area contributed by atoms with E-state index in [1.54, 1.807) is 48.5 Å². The molecule has 11 heteroatoms. The molecule has 0 heterocycles. The number of aromatic hydroxyl groups is 1. The summed E-state index contributed by atoms with van der Waals surface area (Å²) in [6.45, 7) is 13.3. The van der Waals surface area contributed by atoms with Crippen molar-refractivity contribution < 1.29 is 44.7 Å². The van der Waals surface area contributed by atoms with Crippen molar-refractivity contribution in [1.82, 2.24) is 10.2 Å². The molecule has 0 radical (unpaired) electrons. The monoisotopic (exact) mass is 598 g/mol. The Morgan fingerprint density at radius 3 is 2.05 bits per heavy atom. The Bertz CT molecular complexity index is 1520. The molecule has 234 valence electrons. The lowest BCUT2D eigenvalue weighted by Gasteiger charge is -2.53. The van der Waals surface area contributed by atoms with Gasteiger partial charge in [0, 0.05) is 28.2 Å². The summed E-state index contributed by atoms with van der Waals surface area (Å²) < 4.78 is 0. The molecule has 0 aliphatic heterocycles. The number of carbonyl (C=O) groups is 4. The number of phenols is 1. The Labute approximate surface area is 250 Å². The van der Waals surface area contributed by atoms with E-state index in [2.05, 4.69) is 5.32 Å². The molecular formula is C32H42N2O9. The van der Waals surface area contributed by atoms with Gasteiger partial charge >= 0.3 is 0 Å². The molecule has 3 aliphatic carbocycles. The molecule has 0 saturated carbocycles. The fourth-order valence-electron chi connectivity index (χ4n) is 7.02. The molecule has 0 saturated heterocycles. The van der Waals surface area contributed by atoms with E-state index in [0.29, 0.717) is 5.56 Å². The quantitative estimate of drug-likeness (QED) is 0.223. The average molecular weight is 599 g/mol. The number of benzene rings is 1. The van der Waals surface area contributed by atoms with Crippen molar-refractivity contribution in [2.24, 2.45) is 11.8 Å². The number of hydrogen-bond acceptors (Lipinski definition) is 10. The maximum Gasteiger partial charge on any atom is 0.258 e. The minimum Gasteiger partial charge on any atom is -0.510 e. The molecule has 6 atom stereocenters. The standard InChI is InChI=1S/C32H42N2O9/c1-12-16-14(13(2)35)11-15(30(3,4)5)23(36)18(16)24(37)19-17(12)25(38)21-22(34(9)10)26(39)20(29(42)33-31(6,7)8)28(41)32(21,43)27(19)40/h11-12,17,21-22,25,36,38-40,43H,1-10H3,(H,33,42). The van der Waals surface area contributed by atoms with Gasteiger partial charge in [-0.15, -0.1) is 0 Å². The molecule has 6 N–H and O–H groups in total. The number of phenolic OH excluding ortho intramolecular Hbond substituents is 1. The largest absolute Gasteiger partial charge is 0.510 e. The van der Waals surface area contributed by atoms with Gasteiger partial charge < -0.3 is 30.8 Å². The summed E-state index contributed by atoms with van der Waals surface area (Å²) in [4.78, 5) is 55.8. The number of fused-ring (bicyclic) bond motifs is 3. The predicted octanol–water partition coefficient (Wildman–Crippen LogP) is 2.58. The van der Waals surface area contributed by atoms with Gasteiger partial charge in [0.1, 0.15) is 22.8 Å². The summed E-state index contributed by atoms with van der Waals surface area (Å²) >= 11 is 0. The number of carbonyl (C=O) groups excluding carboxylic acids is 4. The predicted molar refractivity (Wildman–Crippen MR) is 157 cm³/mol. The van der Waals surface area contributed by atoms with Gasteiger partial charge in [-0.25, -0.2) is 0 Å². The highest BCUT2D eigenvalue weighted by atomic mass is 16.4. The molecule has 1 aromatic carbocycles. The number of rotatable bonds is 3. The van der Waals surface area contributed by atoms with Crippen molar-refractivity contribution in [3.63, 3.8) is 0 Å². The molecule has 6 unspecified atom stereocenters. The van der Waals surface area contributed by atoms with E-state index < -0.39 is 92.3 Å². The minimum absolute atomic E-state index is 0.165. The van der Waals surface area contributed by atoms with Crippen LogP contribution in [0.25, 0.3) is 0 Å². The van der Waals surface area contributed by atoms with Crippen molar-refractivity contribution >= 4 is 23.3 Å². The number of nitrogens with zero attached hydrogens (tertiary/aromatic N) is 1. The van der Waals surface area contributed by atoms with E-state index in [9.17, 15) is 44.7 Å². The van der Waals surface area contributed by atoms with Gasteiger partial charge in [-0.2, -0.15) is 0 Å². The van der Waals surface area contributed by atoms with E-state index >= 15 is 0 Å². The second-order valence-electron chi connectivity index (χ2n) is 14.3. The summed E-state index contributed by atoms with van der Waals surface area (Å²) in [5.74, 6) is -9.61. The van der Waals surface area contributed by atoms with Gasteiger partial charge in [0.2, 0.25) is 5.78 Å². The summed E-state index contributed by atoms with van der Waals surface area (Å²) in [5.41, 5.74) is -5.43. The van der Waals surface area contributed by atoms with Crippen molar-refractivity contribution in [3.8, 4) is 5.75 Å². The van der Waals surface area contributed by atoms with Crippen LogP contribution in [0.4, 0.5) is 0 Å². The average Bonchev–Trinajstić information content (AvgIpc) is 2.83. The molecule has 0 spiro atoms. The first kappa shape index (κ1) is 32.4. The molecule has 0 aromatic heterocycles. The van der Waals surface area contributed by atoms with Crippen LogP contribution in [0, 0.1) is 11.8 Å². The van der Waals surface area contributed by atoms with E-state index in [0.717, 1.165) is 0 Å². The maximum atomic E-state index is 14.3. The van der Waals surface area contributed by atoms with Crippen LogP contribution in [0.15, 0.2) is 28.7 Å². The number of ketones is 3. The van der Waals surface area contributed by atoms with Gasteiger partial charge in [-0.05, 0) is 64.8 Å². The van der Waals surface area contributed by atoms with Gasteiger partial charge in [-0.3, -0.25) is 24.1 Å². The van der Waals surface area contributed by atoms with Crippen molar-refractivity contribution in [3.05, 3.63) is 51.0 Å². The number of amides is 1. The number of hydrogen-bond donors (Lipinski definition) is 6. The van der Waals surface area contributed by atoms with Crippen molar-refractivity contribution in [1.29, 1.82) is 0 Å². The first-order chi connectivity index (χ1) is 19.5. The first-order valence-corrected chi connectivity index (χ1v) is 14.3. The van der Waals surface area contributed by atoms with Gasteiger partial charge in [-0.1, -0.05) is 27.7 Å². The Kier molecular flexibility index (Phi) is 7.53. The van der Waals surface area contributed by atoms with Crippen LogP contribution in [0.5, 0.6) is 5.75 Å². The molecule has 43 heavy (non-hydrogen) atoms. The summed E-state index contributed by atoms with van der Waals surface area (Å²) in [7, 11) is 3.01. The molecule has 0 fully saturated rings. The fraction of sp³-hybridized carbons (Fsp3) is 0.562. The highest BCUT2D eigenvalue weighted by Gasteiger charge is 2.67. The number of nitrogens with one attached hydrogen (secondary N) is 1. The zero-order chi connectivity index (χ0) is 32.9. The molecule has 1 amide bonds. The molecule has 3 aliphatic rings. The SMILES string of the molecule is CC(=O)c1cc(C(C)(C)C)c(O)c2c1C(C)C1C(=C(O)C3(O)C(=O)C(C(=O)NC(C)(C)C)=C(O)C(N(C)C)C3C1O)C2=O. The zero-order valence-corrected chi connectivity index (χ0v) is 26.3. The summed E-state index contributed by atoms with van der Waals surface area (Å²) in [5, 5.41) is 61.1. The minimum atomic E-state index is -2.98. The first-order valence-electron chi connectivity index (χ1n) is 14.3. The van der Waals surface area contributed by atoms with Crippen LogP contribution in [-0.2, 0) is 15.0 Å². The lowest BCUT2D eigenvalue weighted by Crippen LogP contribution is -2.68. The van der Waals surface area contributed by atoms with Gasteiger partial charge in [0.15, 0.2) is 17.2 Å².